The van der Waals surface area contributed by atoms with Crippen molar-refractivity contribution in [1.29, 1.82) is 0 Å². The zero-order valence-corrected chi connectivity index (χ0v) is 15.6. The fraction of sp³-hybridized carbons (Fsp3) is 0.238. The van der Waals surface area contributed by atoms with E-state index in [1.165, 1.54) is 5.56 Å². The van der Waals surface area contributed by atoms with Crippen molar-refractivity contribution in [3.8, 4) is 11.5 Å². The SMILES string of the molecule is Cc1cn(N=Cc2ccccc2Oc2ccc(C(C)(C)C)cc2)c(N)n1. The van der Waals surface area contributed by atoms with Crippen LogP contribution in [0, 0.1) is 6.92 Å². The molecular weight excluding hydrogens is 324 g/mol. The van der Waals surface area contributed by atoms with E-state index < -0.39 is 0 Å². The van der Waals surface area contributed by atoms with E-state index in [-0.39, 0.29) is 5.41 Å². The minimum absolute atomic E-state index is 0.117. The van der Waals surface area contributed by atoms with Crippen LogP contribution in [0.3, 0.4) is 0 Å². The number of nitrogens with zero attached hydrogens (tertiary/aromatic N) is 3. The molecule has 3 rings (SSSR count). The zero-order valence-electron chi connectivity index (χ0n) is 15.6. The highest BCUT2D eigenvalue weighted by Crippen LogP contribution is 2.28. The number of aromatic nitrogens is 2. The molecule has 0 saturated carbocycles. The Kier molecular flexibility index (Phi) is 4.80. The molecule has 1 aromatic heterocycles. The Labute approximate surface area is 154 Å². The average molecular weight is 348 g/mol. The van der Waals surface area contributed by atoms with Crippen LogP contribution in [-0.2, 0) is 5.41 Å². The van der Waals surface area contributed by atoms with Crippen molar-refractivity contribution in [2.75, 3.05) is 5.73 Å². The van der Waals surface area contributed by atoms with Crippen molar-refractivity contribution in [1.82, 2.24) is 9.66 Å². The second kappa shape index (κ2) is 7.04. The molecule has 2 aromatic carbocycles. The first-order chi connectivity index (χ1) is 12.3. The topological polar surface area (TPSA) is 65.4 Å². The maximum Gasteiger partial charge on any atom is 0.221 e. The van der Waals surface area contributed by atoms with E-state index in [1.807, 2.05) is 43.3 Å². The summed E-state index contributed by atoms with van der Waals surface area (Å²) < 4.78 is 7.60. The molecule has 0 spiro atoms. The first kappa shape index (κ1) is 17.7. The fourth-order valence-corrected chi connectivity index (χ4v) is 2.55. The summed E-state index contributed by atoms with van der Waals surface area (Å²) in [7, 11) is 0. The molecule has 0 bridgehead atoms. The van der Waals surface area contributed by atoms with Gasteiger partial charge < -0.3 is 10.5 Å². The van der Waals surface area contributed by atoms with Crippen molar-refractivity contribution in [3.05, 3.63) is 71.5 Å². The molecule has 5 nitrogen and oxygen atoms in total. The van der Waals surface area contributed by atoms with E-state index in [2.05, 4.69) is 43.0 Å². The summed E-state index contributed by atoms with van der Waals surface area (Å²) in [6, 6.07) is 15.9. The number of hydrogen-bond donors (Lipinski definition) is 1. The second-order valence-corrected chi connectivity index (χ2v) is 7.24. The third-order valence-corrected chi connectivity index (χ3v) is 4.02. The number of para-hydroxylation sites is 1. The van der Waals surface area contributed by atoms with Gasteiger partial charge in [-0.05, 0) is 42.2 Å². The molecule has 134 valence electrons. The summed E-state index contributed by atoms with van der Waals surface area (Å²) in [5.41, 5.74) is 8.89. The lowest BCUT2D eigenvalue weighted by Crippen LogP contribution is -2.10. The summed E-state index contributed by atoms with van der Waals surface area (Å²) in [6.45, 7) is 8.45. The van der Waals surface area contributed by atoms with E-state index in [9.17, 15) is 0 Å². The number of rotatable bonds is 4. The van der Waals surface area contributed by atoms with Crippen LogP contribution in [0.25, 0.3) is 0 Å². The van der Waals surface area contributed by atoms with Crippen LogP contribution in [0.4, 0.5) is 5.95 Å². The lowest BCUT2D eigenvalue weighted by atomic mass is 9.87. The summed E-state index contributed by atoms with van der Waals surface area (Å²) in [4.78, 5) is 4.14. The van der Waals surface area contributed by atoms with Gasteiger partial charge in [-0.2, -0.15) is 5.10 Å². The normalized spacial score (nSPS) is 11.8. The van der Waals surface area contributed by atoms with Crippen molar-refractivity contribution < 1.29 is 4.74 Å². The van der Waals surface area contributed by atoms with Gasteiger partial charge in [0.15, 0.2) is 0 Å². The minimum atomic E-state index is 0.117. The van der Waals surface area contributed by atoms with Crippen molar-refractivity contribution in [3.63, 3.8) is 0 Å². The van der Waals surface area contributed by atoms with Gasteiger partial charge in [-0.1, -0.05) is 45.0 Å². The number of imidazole rings is 1. The largest absolute Gasteiger partial charge is 0.457 e. The molecule has 0 radical (unpaired) electrons. The van der Waals surface area contributed by atoms with Crippen LogP contribution in [0.1, 0.15) is 37.6 Å². The highest BCUT2D eigenvalue weighted by atomic mass is 16.5. The third-order valence-electron chi connectivity index (χ3n) is 4.02. The van der Waals surface area contributed by atoms with Gasteiger partial charge in [0, 0.05) is 5.56 Å². The Morgan fingerprint density at radius 2 is 1.77 bits per heavy atom. The maximum atomic E-state index is 6.05. The van der Waals surface area contributed by atoms with E-state index in [1.54, 1.807) is 17.1 Å². The summed E-state index contributed by atoms with van der Waals surface area (Å²) >= 11 is 0. The van der Waals surface area contributed by atoms with Crippen LogP contribution < -0.4 is 10.5 Å². The number of nitrogens with two attached hydrogens (primary N) is 1. The molecule has 26 heavy (non-hydrogen) atoms. The van der Waals surface area contributed by atoms with Crippen LogP contribution in [0.2, 0.25) is 0 Å². The molecule has 0 aliphatic heterocycles. The first-order valence-electron chi connectivity index (χ1n) is 8.56. The smallest absolute Gasteiger partial charge is 0.221 e. The van der Waals surface area contributed by atoms with Gasteiger partial charge in [0.25, 0.3) is 0 Å². The molecule has 5 heteroatoms. The highest BCUT2D eigenvalue weighted by Gasteiger charge is 2.13. The Bertz CT molecular complexity index is 918. The monoisotopic (exact) mass is 348 g/mol. The van der Waals surface area contributed by atoms with Gasteiger partial charge in [-0.25, -0.2) is 9.66 Å². The van der Waals surface area contributed by atoms with E-state index in [0.29, 0.717) is 5.95 Å². The average Bonchev–Trinajstić information content (AvgIpc) is 2.91. The third kappa shape index (κ3) is 4.11. The Morgan fingerprint density at radius 1 is 1.08 bits per heavy atom. The van der Waals surface area contributed by atoms with Gasteiger partial charge >= 0.3 is 0 Å². The first-order valence-corrected chi connectivity index (χ1v) is 8.56. The van der Waals surface area contributed by atoms with Crippen molar-refractivity contribution >= 4 is 12.2 Å². The van der Waals surface area contributed by atoms with Crippen LogP contribution >= 0.6 is 0 Å². The van der Waals surface area contributed by atoms with E-state index >= 15 is 0 Å². The second-order valence-electron chi connectivity index (χ2n) is 7.24. The van der Waals surface area contributed by atoms with E-state index in [4.69, 9.17) is 10.5 Å². The molecule has 0 aliphatic carbocycles. The molecule has 0 unspecified atom stereocenters. The molecule has 0 aliphatic rings. The van der Waals surface area contributed by atoms with E-state index in [0.717, 1.165) is 22.8 Å². The fourth-order valence-electron chi connectivity index (χ4n) is 2.55. The summed E-state index contributed by atoms with van der Waals surface area (Å²) in [5, 5.41) is 4.37. The lowest BCUT2D eigenvalue weighted by molar-refractivity contribution is 0.480. The Morgan fingerprint density at radius 3 is 2.38 bits per heavy atom. The number of hydrogen-bond acceptors (Lipinski definition) is 4. The number of benzene rings is 2. The Balaban J connectivity index is 1.82. The zero-order chi connectivity index (χ0) is 18.7. The molecule has 0 fully saturated rings. The van der Waals surface area contributed by atoms with Crippen LogP contribution in [-0.4, -0.2) is 15.9 Å². The number of anilines is 1. The van der Waals surface area contributed by atoms with Gasteiger partial charge in [0.1, 0.15) is 11.5 Å². The summed E-state index contributed by atoms with van der Waals surface area (Å²) in [5.74, 6) is 1.88. The molecule has 1 heterocycles. The molecule has 2 N–H and O–H groups in total. The van der Waals surface area contributed by atoms with Gasteiger partial charge in [0.05, 0.1) is 18.1 Å². The summed E-state index contributed by atoms with van der Waals surface area (Å²) in [6.07, 6.45) is 3.50. The molecule has 3 aromatic rings. The van der Waals surface area contributed by atoms with Crippen LogP contribution in [0.5, 0.6) is 11.5 Å². The van der Waals surface area contributed by atoms with Crippen molar-refractivity contribution in [2.45, 2.75) is 33.1 Å². The number of ether oxygens (including phenoxy) is 1. The highest BCUT2D eigenvalue weighted by molar-refractivity contribution is 5.83. The number of aryl methyl sites for hydroxylation is 1. The molecule has 0 saturated heterocycles. The quantitative estimate of drug-likeness (QED) is 0.692. The van der Waals surface area contributed by atoms with Gasteiger partial charge in [0.2, 0.25) is 5.95 Å². The predicted octanol–water partition coefficient (Wildman–Crippen LogP) is 4.75. The number of nitrogen functional groups attached to an aromatic ring is 1. The minimum Gasteiger partial charge on any atom is -0.457 e. The van der Waals surface area contributed by atoms with Crippen LogP contribution in [0.15, 0.2) is 59.8 Å². The predicted molar refractivity (Wildman–Crippen MR) is 106 cm³/mol. The lowest BCUT2D eigenvalue weighted by Gasteiger charge is -2.19. The Hall–Kier alpha value is -3.08. The van der Waals surface area contributed by atoms with Gasteiger partial charge in [-0.3, -0.25) is 0 Å². The molecular formula is C21H24N4O. The standard InChI is InChI=1S/C21H24N4O/c1-15-14-25(20(22)24-15)23-13-16-7-5-6-8-19(16)26-18-11-9-17(10-12-18)21(2,3)4/h5-14H,1-4H3,(H2,22,24). The molecule has 0 amide bonds. The van der Waals surface area contributed by atoms with Crippen molar-refractivity contribution in [2.24, 2.45) is 5.10 Å². The van der Waals surface area contributed by atoms with Gasteiger partial charge in [-0.15, -0.1) is 0 Å². The molecule has 0 atom stereocenters. The maximum absolute atomic E-state index is 6.05.